The summed E-state index contributed by atoms with van der Waals surface area (Å²) in [6.07, 6.45) is 4.42. The lowest BCUT2D eigenvalue weighted by molar-refractivity contribution is -0.0661. The molecule has 0 N–H and O–H groups in total. The number of nitrogens with zero attached hydrogens (tertiary/aromatic N) is 4. The zero-order valence-electron chi connectivity index (χ0n) is 20.7. The highest BCUT2D eigenvalue weighted by Gasteiger charge is 2.25. The van der Waals surface area contributed by atoms with E-state index in [-0.39, 0.29) is 6.29 Å². The number of fused-ring (bicyclic) bond motifs is 1. The van der Waals surface area contributed by atoms with Crippen molar-refractivity contribution in [2.45, 2.75) is 38.5 Å². The van der Waals surface area contributed by atoms with Crippen molar-refractivity contribution in [3.63, 3.8) is 0 Å². The van der Waals surface area contributed by atoms with E-state index in [1.807, 2.05) is 18.2 Å². The molecule has 1 aromatic heterocycles. The van der Waals surface area contributed by atoms with Crippen molar-refractivity contribution in [2.24, 2.45) is 5.92 Å². The topological polar surface area (TPSA) is 55.3 Å². The number of ether oxygens (including phenoxy) is 2. The van der Waals surface area contributed by atoms with Gasteiger partial charge in [0.2, 0.25) is 0 Å². The van der Waals surface area contributed by atoms with Crippen LogP contribution >= 0.6 is 0 Å². The van der Waals surface area contributed by atoms with E-state index in [9.17, 15) is 0 Å². The van der Waals surface area contributed by atoms with E-state index in [1.54, 1.807) is 0 Å². The summed E-state index contributed by atoms with van der Waals surface area (Å²) < 4.78 is 17.2. The highest BCUT2D eigenvalue weighted by Crippen LogP contribution is 2.35. The maximum Gasteiger partial charge on any atom is 0.187 e. The molecule has 0 saturated carbocycles. The number of likely N-dealkylation sites (tertiary alicyclic amines) is 1. The van der Waals surface area contributed by atoms with Crippen molar-refractivity contribution in [2.75, 3.05) is 46.9 Å². The molecule has 5 rings (SSSR count). The summed E-state index contributed by atoms with van der Waals surface area (Å²) in [5, 5.41) is 5.63. The quantitative estimate of drug-likeness (QED) is 0.422. The van der Waals surface area contributed by atoms with Crippen molar-refractivity contribution in [3.8, 4) is 11.1 Å². The molecule has 0 atom stereocenters. The minimum absolute atomic E-state index is 0.0434. The van der Waals surface area contributed by atoms with Crippen LogP contribution in [0.1, 0.15) is 30.5 Å². The second-order valence-corrected chi connectivity index (χ2v) is 9.95. The molecule has 3 heterocycles. The van der Waals surface area contributed by atoms with Crippen LogP contribution < -0.4 is 0 Å². The molecule has 2 aliphatic rings. The molecule has 0 radical (unpaired) electrons. The highest BCUT2D eigenvalue weighted by atomic mass is 16.7. The van der Waals surface area contributed by atoms with Gasteiger partial charge in [0.15, 0.2) is 17.6 Å². The first-order valence-electron chi connectivity index (χ1n) is 12.6. The highest BCUT2D eigenvalue weighted by molar-refractivity contribution is 5.89. The summed E-state index contributed by atoms with van der Waals surface area (Å²) in [5.41, 5.74) is 5.82. The molecule has 2 saturated heterocycles. The number of rotatable bonds is 8. The van der Waals surface area contributed by atoms with Crippen LogP contribution in [-0.2, 0) is 22.4 Å². The molecule has 0 amide bonds. The van der Waals surface area contributed by atoms with Crippen LogP contribution in [0.3, 0.4) is 0 Å². The Hall–Kier alpha value is -2.76. The number of aryl methyl sites for hydroxylation is 1. The van der Waals surface area contributed by atoms with Crippen molar-refractivity contribution in [1.82, 2.24) is 15.0 Å². The Labute approximate surface area is 207 Å². The van der Waals surface area contributed by atoms with Gasteiger partial charge in [-0.25, -0.2) is 4.85 Å². The van der Waals surface area contributed by atoms with Gasteiger partial charge in [-0.15, -0.1) is 0 Å². The second-order valence-electron chi connectivity index (χ2n) is 9.95. The van der Waals surface area contributed by atoms with Gasteiger partial charge < -0.3 is 18.9 Å². The predicted molar refractivity (Wildman–Crippen MR) is 136 cm³/mol. The van der Waals surface area contributed by atoms with Gasteiger partial charge >= 0.3 is 0 Å². The molecule has 184 valence electrons. The molecular formula is C28H34N4O3. The Kier molecular flexibility index (Phi) is 7.45. The van der Waals surface area contributed by atoms with Gasteiger partial charge in [-0.05, 0) is 82.0 Å². The van der Waals surface area contributed by atoms with Crippen LogP contribution in [0, 0.1) is 12.5 Å². The average Bonchev–Trinajstić information content (AvgIpc) is 3.54. The Balaban J connectivity index is 1.29. The molecule has 2 aliphatic heterocycles. The fraction of sp³-hybridized carbons (Fsp3) is 0.500. The smallest absolute Gasteiger partial charge is 0.187 e. The summed E-state index contributed by atoms with van der Waals surface area (Å²) in [6.45, 7) is 12.7. The lowest BCUT2D eigenvalue weighted by Gasteiger charge is -2.32. The summed E-state index contributed by atoms with van der Waals surface area (Å²) >= 11 is 0. The first kappa shape index (κ1) is 24.0. The minimum Gasteiger partial charge on any atom is -0.356 e. The Bertz CT molecular complexity index is 1180. The molecule has 3 aromatic rings. The third-order valence-electron chi connectivity index (χ3n) is 7.17. The Morgan fingerprint density at radius 1 is 1.11 bits per heavy atom. The third kappa shape index (κ3) is 5.57. The van der Waals surface area contributed by atoms with Gasteiger partial charge in [0.25, 0.3) is 0 Å². The van der Waals surface area contributed by atoms with Gasteiger partial charge in [-0.3, -0.25) is 4.90 Å². The Morgan fingerprint density at radius 3 is 2.66 bits per heavy atom. The van der Waals surface area contributed by atoms with E-state index in [1.165, 1.54) is 12.8 Å². The molecule has 0 bridgehead atoms. The number of piperidine rings is 1. The fourth-order valence-corrected chi connectivity index (χ4v) is 5.30. The fourth-order valence-electron chi connectivity index (χ4n) is 5.30. The van der Waals surface area contributed by atoms with Crippen LogP contribution in [0.15, 0.2) is 40.9 Å². The number of hydrogen-bond donors (Lipinski definition) is 0. The van der Waals surface area contributed by atoms with Gasteiger partial charge in [0.05, 0.1) is 25.5 Å². The molecule has 0 aliphatic carbocycles. The van der Waals surface area contributed by atoms with Crippen molar-refractivity contribution in [1.29, 1.82) is 0 Å². The maximum atomic E-state index is 7.37. The van der Waals surface area contributed by atoms with Crippen LogP contribution in [0.25, 0.3) is 26.9 Å². The predicted octanol–water partition coefficient (Wildman–Crippen LogP) is 5.12. The van der Waals surface area contributed by atoms with E-state index < -0.39 is 0 Å². The number of benzene rings is 2. The van der Waals surface area contributed by atoms with Crippen molar-refractivity contribution < 1.29 is 14.0 Å². The van der Waals surface area contributed by atoms with Crippen molar-refractivity contribution in [3.05, 3.63) is 59.1 Å². The molecule has 7 nitrogen and oxygen atoms in total. The van der Waals surface area contributed by atoms with Gasteiger partial charge in [-0.1, -0.05) is 29.4 Å². The van der Waals surface area contributed by atoms with E-state index in [0.717, 1.165) is 85.6 Å². The zero-order chi connectivity index (χ0) is 24.2. The van der Waals surface area contributed by atoms with E-state index >= 15 is 0 Å². The summed E-state index contributed by atoms with van der Waals surface area (Å²) in [7, 11) is 4.12. The van der Waals surface area contributed by atoms with Gasteiger partial charge in [0, 0.05) is 24.0 Å². The summed E-state index contributed by atoms with van der Waals surface area (Å²) in [6, 6.07) is 12.1. The summed E-state index contributed by atoms with van der Waals surface area (Å²) in [4.78, 5) is 8.22. The normalized spacial score (nSPS) is 18.0. The van der Waals surface area contributed by atoms with Crippen LogP contribution in [-0.4, -0.2) is 68.2 Å². The average molecular weight is 475 g/mol. The summed E-state index contributed by atoms with van der Waals surface area (Å²) in [5.74, 6) is 0.709. The monoisotopic (exact) mass is 474 g/mol. The van der Waals surface area contributed by atoms with Crippen LogP contribution in [0.5, 0.6) is 0 Å². The minimum atomic E-state index is -0.0434. The number of hydrogen-bond acceptors (Lipinski definition) is 6. The standard InChI is InChI=1S/C28H34N4O3/c1-29-22-6-4-5-21(17-22)23-8-9-24-26(30-35-28(24)25(23)18-31(2)3)10-7-20-11-13-32(14-12-20)19-27-33-15-16-34-27/h4-6,8-9,17,20,27H,7,10-16,18-19H2,2-3H3. The van der Waals surface area contributed by atoms with E-state index in [2.05, 4.69) is 52.1 Å². The lowest BCUT2D eigenvalue weighted by atomic mass is 9.90. The van der Waals surface area contributed by atoms with E-state index in [0.29, 0.717) is 11.6 Å². The van der Waals surface area contributed by atoms with Crippen LogP contribution in [0.2, 0.25) is 0 Å². The molecule has 0 unspecified atom stereocenters. The van der Waals surface area contributed by atoms with E-state index in [4.69, 9.17) is 20.6 Å². The molecule has 35 heavy (non-hydrogen) atoms. The molecule has 0 spiro atoms. The zero-order valence-corrected chi connectivity index (χ0v) is 20.7. The SMILES string of the molecule is [C-]#[N+]c1cccc(-c2ccc3c(CCC4CCN(CC5OCCO5)CC4)noc3c2CN(C)C)c1. The Morgan fingerprint density at radius 2 is 1.91 bits per heavy atom. The van der Waals surface area contributed by atoms with Crippen LogP contribution in [0.4, 0.5) is 5.69 Å². The van der Waals surface area contributed by atoms with Gasteiger partial charge in [0.1, 0.15) is 0 Å². The third-order valence-corrected chi connectivity index (χ3v) is 7.17. The van der Waals surface area contributed by atoms with Crippen molar-refractivity contribution >= 4 is 16.7 Å². The van der Waals surface area contributed by atoms with Gasteiger partial charge in [-0.2, -0.15) is 0 Å². The lowest BCUT2D eigenvalue weighted by Crippen LogP contribution is -2.39. The number of aromatic nitrogens is 1. The first-order valence-corrected chi connectivity index (χ1v) is 12.6. The second kappa shape index (κ2) is 10.9. The molecule has 2 fully saturated rings. The first-order chi connectivity index (χ1) is 17.1. The molecular weight excluding hydrogens is 440 g/mol. The molecule has 2 aromatic carbocycles. The maximum absolute atomic E-state index is 7.37. The largest absolute Gasteiger partial charge is 0.356 e. The molecule has 7 heteroatoms.